The molecule has 2 unspecified atom stereocenters. The second kappa shape index (κ2) is 8.19. The van der Waals surface area contributed by atoms with Gasteiger partial charge in [-0.05, 0) is 63.4 Å². The summed E-state index contributed by atoms with van der Waals surface area (Å²) in [5, 5.41) is 3.64. The number of hydrogen-bond donors (Lipinski definition) is 1. The van der Waals surface area contributed by atoms with E-state index in [1.807, 2.05) is 0 Å². The van der Waals surface area contributed by atoms with Crippen LogP contribution in [0.4, 0.5) is 5.69 Å². The van der Waals surface area contributed by atoms with Crippen LogP contribution < -0.4 is 10.2 Å². The van der Waals surface area contributed by atoms with Crippen molar-refractivity contribution < 1.29 is 0 Å². The molecule has 118 valence electrons. The molecule has 1 saturated heterocycles. The van der Waals surface area contributed by atoms with E-state index in [1.165, 1.54) is 54.4 Å². The Morgan fingerprint density at radius 3 is 2.90 bits per heavy atom. The average molecular weight is 353 g/mol. The minimum absolute atomic E-state index is 0.396. The quantitative estimate of drug-likeness (QED) is 0.775. The van der Waals surface area contributed by atoms with Gasteiger partial charge < -0.3 is 10.2 Å². The number of nitrogens with one attached hydrogen (secondary N) is 1. The average Bonchev–Trinajstić information content (AvgIpc) is 2.69. The van der Waals surface area contributed by atoms with Crippen LogP contribution in [0.25, 0.3) is 0 Å². The molecule has 0 aromatic heterocycles. The van der Waals surface area contributed by atoms with Gasteiger partial charge >= 0.3 is 0 Å². The monoisotopic (exact) mass is 352 g/mol. The van der Waals surface area contributed by atoms with Gasteiger partial charge in [0.1, 0.15) is 0 Å². The lowest BCUT2D eigenvalue weighted by molar-refractivity contribution is 0.562. The summed E-state index contributed by atoms with van der Waals surface area (Å²) in [6.07, 6.45) is 6.54. The van der Waals surface area contributed by atoms with Gasteiger partial charge in [0.15, 0.2) is 0 Å². The van der Waals surface area contributed by atoms with Crippen molar-refractivity contribution in [1.82, 2.24) is 5.32 Å². The molecule has 0 bridgehead atoms. The Hall–Kier alpha value is -0.540. The molecule has 1 aromatic carbocycles. The van der Waals surface area contributed by atoms with Crippen molar-refractivity contribution in [3.8, 4) is 0 Å². The summed E-state index contributed by atoms with van der Waals surface area (Å²) >= 11 is 3.64. The van der Waals surface area contributed by atoms with Crippen molar-refractivity contribution in [2.75, 3.05) is 18.0 Å². The summed E-state index contributed by atoms with van der Waals surface area (Å²) in [5.41, 5.74) is 2.84. The largest absolute Gasteiger partial charge is 0.369 e. The smallest absolute Gasteiger partial charge is 0.0417 e. The highest BCUT2D eigenvalue weighted by Crippen LogP contribution is 2.33. The van der Waals surface area contributed by atoms with Gasteiger partial charge in [-0.25, -0.2) is 0 Å². The van der Waals surface area contributed by atoms with Gasteiger partial charge in [-0.3, -0.25) is 0 Å². The second-order valence-corrected chi connectivity index (χ2v) is 7.19. The zero-order valence-corrected chi connectivity index (χ0v) is 15.2. The second-order valence-electron chi connectivity index (χ2n) is 6.27. The van der Waals surface area contributed by atoms with E-state index in [-0.39, 0.29) is 0 Å². The van der Waals surface area contributed by atoms with E-state index in [0.29, 0.717) is 12.1 Å². The van der Waals surface area contributed by atoms with E-state index in [2.05, 4.69) is 65.1 Å². The summed E-state index contributed by atoms with van der Waals surface area (Å²) in [4.78, 5) is 2.62. The third-order valence-corrected chi connectivity index (χ3v) is 5.01. The molecule has 0 radical (unpaired) electrons. The van der Waals surface area contributed by atoms with Crippen molar-refractivity contribution >= 4 is 21.6 Å². The molecule has 1 aliphatic heterocycles. The van der Waals surface area contributed by atoms with Gasteiger partial charge in [-0.15, -0.1) is 0 Å². The molecule has 1 aliphatic rings. The first-order valence-electron chi connectivity index (χ1n) is 8.43. The van der Waals surface area contributed by atoms with E-state index >= 15 is 0 Å². The fraction of sp³-hybridized carbons (Fsp3) is 0.667. The van der Waals surface area contributed by atoms with E-state index in [0.717, 1.165) is 6.54 Å². The van der Waals surface area contributed by atoms with Crippen molar-refractivity contribution in [2.24, 2.45) is 0 Å². The number of anilines is 1. The minimum atomic E-state index is 0.396. The van der Waals surface area contributed by atoms with E-state index in [4.69, 9.17) is 0 Å². The van der Waals surface area contributed by atoms with Crippen LogP contribution >= 0.6 is 15.9 Å². The van der Waals surface area contributed by atoms with Crippen LogP contribution in [0.1, 0.15) is 64.5 Å². The van der Waals surface area contributed by atoms with Crippen LogP contribution in [0.3, 0.4) is 0 Å². The number of rotatable bonds is 5. The zero-order chi connectivity index (χ0) is 15.2. The molecule has 0 spiro atoms. The Kier molecular flexibility index (Phi) is 6.56. The first-order chi connectivity index (χ1) is 10.1. The Bertz CT molecular complexity index is 447. The molecule has 21 heavy (non-hydrogen) atoms. The molecule has 1 aromatic rings. The first-order valence-corrected chi connectivity index (χ1v) is 9.22. The van der Waals surface area contributed by atoms with Gasteiger partial charge in [0.2, 0.25) is 0 Å². The fourth-order valence-electron chi connectivity index (χ4n) is 3.24. The van der Waals surface area contributed by atoms with Crippen LogP contribution in [0.2, 0.25) is 0 Å². The molecule has 2 nitrogen and oxygen atoms in total. The predicted molar refractivity (Wildman–Crippen MR) is 96.1 cm³/mol. The zero-order valence-electron chi connectivity index (χ0n) is 13.7. The molecule has 3 heteroatoms. The number of hydrogen-bond acceptors (Lipinski definition) is 2. The van der Waals surface area contributed by atoms with E-state index in [1.54, 1.807) is 0 Å². The Morgan fingerprint density at radius 2 is 2.14 bits per heavy atom. The van der Waals surface area contributed by atoms with E-state index < -0.39 is 0 Å². The summed E-state index contributed by atoms with van der Waals surface area (Å²) < 4.78 is 1.17. The minimum Gasteiger partial charge on any atom is -0.369 e. The third kappa shape index (κ3) is 4.46. The molecular weight excluding hydrogens is 324 g/mol. The summed E-state index contributed by atoms with van der Waals surface area (Å²) in [6.45, 7) is 9.14. The van der Waals surface area contributed by atoms with Gasteiger partial charge in [0.05, 0.1) is 0 Å². The molecule has 0 saturated carbocycles. The Labute approximate surface area is 138 Å². The van der Waals surface area contributed by atoms with Gasteiger partial charge in [0.25, 0.3) is 0 Å². The topological polar surface area (TPSA) is 15.3 Å². The molecule has 1 heterocycles. The molecule has 2 rings (SSSR count). The normalized spacial score (nSPS) is 21.1. The molecule has 1 fully saturated rings. The van der Waals surface area contributed by atoms with Gasteiger partial charge in [0, 0.05) is 28.8 Å². The first kappa shape index (κ1) is 16.8. The molecule has 2 atom stereocenters. The van der Waals surface area contributed by atoms with Crippen molar-refractivity contribution in [1.29, 1.82) is 0 Å². The molecular formula is C18H29BrN2. The van der Waals surface area contributed by atoms with Crippen LogP contribution in [0.15, 0.2) is 22.7 Å². The lowest BCUT2D eigenvalue weighted by atomic mass is 10.0. The van der Waals surface area contributed by atoms with Crippen LogP contribution in [-0.2, 0) is 0 Å². The van der Waals surface area contributed by atoms with Crippen molar-refractivity contribution in [3.63, 3.8) is 0 Å². The highest BCUT2D eigenvalue weighted by molar-refractivity contribution is 9.10. The Balaban J connectivity index is 2.28. The summed E-state index contributed by atoms with van der Waals surface area (Å²) in [7, 11) is 0. The lowest BCUT2D eigenvalue weighted by Gasteiger charge is -2.33. The number of nitrogens with zero attached hydrogens (tertiary/aromatic N) is 1. The van der Waals surface area contributed by atoms with Crippen molar-refractivity contribution in [2.45, 2.75) is 65.0 Å². The molecule has 1 N–H and O–H groups in total. The third-order valence-electron chi connectivity index (χ3n) is 4.52. The van der Waals surface area contributed by atoms with Gasteiger partial charge in [-0.1, -0.05) is 35.7 Å². The standard InChI is InChI=1S/C18H29BrN2/c1-4-11-20-15(3)17-13-16(19)9-10-18(17)21-12-7-5-6-8-14(21)2/h9-10,13-15,20H,4-8,11-12H2,1-3H3. The Morgan fingerprint density at radius 1 is 1.33 bits per heavy atom. The number of benzene rings is 1. The molecule has 0 amide bonds. The lowest BCUT2D eigenvalue weighted by Crippen LogP contribution is -2.34. The van der Waals surface area contributed by atoms with Crippen LogP contribution in [0.5, 0.6) is 0 Å². The van der Waals surface area contributed by atoms with Crippen LogP contribution in [0, 0.1) is 0 Å². The highest BCUT2D eigenvalue weighted by Gasteiger charge is 2.21. The fourth-order valence-corrected chi connectivity index (χ4v) is 3.62. The van der Waals surface area contributed by atoms with E-state index in [9.17, 15) is 0 Å². The number of halogens is 1. The maximum Gasteiger partial charge on any atom is 0.0417 e. The van der Waals surface area contributed by atoms with Gasteiger partial charge in [-0.2, -0.15) is 0 Å². The maximum atomic E-state index is 3.64. The predicted octanol–water partition coefficient (Wildman–Crippen LogP) is 5.28. The van der Waals surface area contributed by atoms with Crippen molar-refractivity contribution in [3.05, 3.63) is 28.2 Å². The SMILES string of the molecule is CCCNC(C)c1cc(Br)ccc1N1CCCCCC1C. The highest BCUT2D eigenvalue weighted by atomic mass is 79.9. The summed E-state index contributed by atoms with van der Waals surface area (Å²) in [5.74, 6) is 0. The maximum absolute atomic E-state index is 3.64. The van der Waals surface area contributed by atoms with Crippen LogP contribution in [-0.4, -0.2) is 19.1 Å². The molecule has 0 aliphatic carbocycles. The summed E-state index contributed by atoms with van der Waals surface area (Å²) in [6, 6.07) is 7.81.